The fourth-order valence-electron chi connectivity index (χ4n) is 1.72. The van der Waals surface area contributed by atoms with E-state index < -0.39 is 11.7 Å². The normalized spacial score (nSPS) is 13.2. The third-order valence-corrected chi connectivity index (χ3v) is 2.48. The van der Waals surface area contributed by atoms with Gasteiger partial charge in [0.1, 0.15) is 5.60 Å². The predicted molar refractivity (Wildman–Crippen MR) is 73.9 cm³/mol. The number of alkyl carbamates (subject to hydrolysis) is 1. The number of nitrogens with zero attached hydrogens (tertiary/aromatic N) is 2. The Bertz CT molecular complexity index is 434. The number of hydrogen-bond donors (Lipinski definition) is 2. The lowest BCUT2D eigenvalue weighted by Gasteiger charge is -2.20. The van der Waals surface area contributed by atoms with Crippen LogP contribution in [0, 0.1) is 6.92 Å². The fraction of sp³-hybridized carbons (Fsp3) is 0.692. The monoisotopic (exact) mass is 268 g/mol. The zero-order valence-corrected chi connectivity index (χ0v) is 12.4. The van der Waals surface area contributed by atoms with Crippen molar-refractivity contribution >= 4 is 6.09 Å². The molecular weight excluding hydrogens is 244 g/mol. The van der Waals surface area contributed by atoms with Crippen molar-refractivity contribution in [3.63, 3.8) is 0 Å². The van der Waals surface area contributed by atoms with Crippen LogP contribution in [0.2, 0.25) is 0 Å². The highest BCUT2D eigenvalue weighted by molar-refractivity contribution is 5.67. The summed E-state index contributed by atoms with van der Waals surface area (Å²) in [7, 11) is 1.89. The number of hydrogen-bond acceptors (Lipinski definition) is 4. The summed E-state index contributed by atoms with van der Waals surface area (Å²) in [5, 5.41) is 6.93. The predicted octanol–water partition coefficient (Wildman–Crippen LogP) is 1.12. The summed E-state index contributed by atoms with van der Waals surface area (Å²) in [5.41, 5.74) is 7.51. The number of rotatable bonds is 4. The fourth-order valence-corrected chi connectivity index (χ4v) is 1.72. The average molecular weight is 268 g/mol. The Balaban J connectivity index is 2.38. The van der Waals surface area contributed by atoms with Gasteiger partial charge in [-0.1, -0.05) is 0 Å². The molecule has 0 aliphatic carbocycles. The van der Waals surface area contributed by atoms with Crippen LogP contribution in [-0.4, -0.2) is 34.1 Å². The third kappa shape index (κ3) is 5.74. The van der Waals surface area contributed by atoms with Crippen molar-refractivity contribution < 1.29 is 9.53 Å². The summed E-state index contributed by atoms with van der Waals surface area (Å²) in [4.78, 5) is 11.5. The molecule has 0 fully saturated rings. The standard InChI is InChI=1S/C13H24N4O2/c1-9-6-11(17(5)16-9)7-10(14)8-15-12(18)19-13(2,3)4/h6,10H,7-8,14H2,1-5H3,(H,15,18). The van der Waals surface area contributed by atoms with Gasteiger partial charge in [0.05, 0.1) is 5.69 Å². The molecule has 6 heteroatoms. The Hall–Kier alpha value is -1.56. The van der Waals surface area contributed by atoms with Crippen molar-refractivity contribution in [3.05, 3.63) is 17.5 Å². The Kier molecular flexibility index (Phi) is 4.94. The number of aryl methyl sites for hydroxylation is 2. The van der Waals surface area contributed by atoms with Gasteiger partial charge in [0.2, 0.25) is 0 Å². The van der Waals surface area contributed by atoms with Crippen LogP contribution in [0.3, 0.4) is 0 Å². The van der Waals surface area contributed by atoms with Crippen molar-refractivity contribution in [1.29, 1.82) is 0 Å². The van der Waals surface area contributed by atoms with Crippen molar-refractivity contribution in [2.75, 3.05) is 6.54 Å². The Morgan fingerprint density at radius 3 is 2.68 bits per heavy atom. The highest BCUT2D eigenvalue weighted by Crippen LogP contribution is 2.07. The molecule has 1 unspecified atom stereocenters. The molecule has 0 bridgehead atoms. The molecule has 0 radical (unpaired) electrons. The molecule has 0 aliphatic heterocycles. The first-order chi connectivity index (χ1) is 8.67. The molecule has 1 rings (SSSR count). The molecule has 0 spiro atoms. The lowest BCUT2D eigenvalue weighted by molar-refractivity contribution is 0.0524. The number of ether oxygens (including phenoxy) is 1. The van der Waals surface area contributed by atoms with Gasteiger partial charge < -0.3 is 15.8 Å². The van der Waals surface area contributed by atoms with Crippen molar-refractivity contribution in [2.45, 2.75) is 45.8 Å². The first-order valence-electron chi connectivity index (χ1n) is 6.39. The highest BCUT2D eigenvalue weighted by Gasteiger charge is 2.17. The quantitative estimate of drug-likeness (QED) is 0.857. The second kappa shape index (κ2) is 6.06. The molecule has 1 amide bonds. The number of aromatic nitrogens is 2. The maximum Gasteiger partial charge on any atom is 0.407 e. The molecule has 1 aromatic rings. The lowest BCUT2D eigenvalue weighted by atomic mass is 10.1. The molecule has 1 aromatic heterocycles. The van der Waals surface area contributed by atoms with E-state index in [0.29, 0.717) is 13.0 Å². The van der Waals surface area contributed by atoms with E-state index in [9.17, 15) is 4.79 Å². The minimum absolute atomic E-state index is 0.165. The van der Waals surface area contributed by atoms with E-state index in [2.05, 4.69) is 10.4 Å². The van der Waals surface area contributed by atoms with Crippen molar-refractivity contribution in [3.8, 4) is 0 Å². The summed E-state index contributed by atoms with van der Waals surface area (Å²) in [6.45, 7) is 7.79. The van der Waals surface area contributed by atoms with Crippen LogP contribution in [0.1, 0.15) is 32.2 Å². The summed E-state index contributed by atoms with van der Waals surface area (Å²) in [6.07, 6.45) is 0.219. The van der Waals surface area contributed by atoms with E-state index in [4.69, 9.17) is 10.5 Å². The number of carbonyl (C=O) groups excluding carboxylic acids is 1. The summed E-state index contributed by atoms with van der Waals surface area (Å²) >= 11 is 0. The molecule has 1 atom stereocenters. The largest absolute Gasteiger partial charge is 0.444 e. The maximum absolute atomic E-state index is 11.5. The molecule has 0 saturated carbocycles. The van der Waals surface area contributed by atoms with E-state index in [-0.39, 0.29) is 6.04 Å². The lowest BCUT2D eigenvalue weighted by Crippen LogP contribution is -2.41. The molecule has 6 nitrogen and oxygen atoms in total. The van der Waals surface area contributed by atoms with Gasteiger partial charge in [0.15, 0.2) is 0 Å². The van der Waals surface area contributed by atoms with Crippen molar-refractivity contribution in [2.24, 2.45) is 12.8 Å². The van der Waals surface area contributed by atoms with Crippen LogP contribution in [0.25, 0.3) is 0 Å². The summed E-state index contributed by atoms with van der Waals surface area (Å²) in [5.74, 6) is 0. The number of nitrogens with two attached hydrogens (primary N) is 1. The van der Waals surface area contributed by atoms with Crippen LogP contribution < -0.4 is 11.1 Å². The molecule has 0 aromatic carbocycles. The summed E-state index contributed by atoms with van der Waals surface area (Å²) in [6, 6.07) is 1.83. The van der Waals surface area contributed by atoms with Gasteiger partial charge in [-0.15, -0.1) is 0 Å². The summed E-state index contributed by atoms with van der Waals surface area (Å²) < 4.78 is 6.95. The highest BCUT2D eigenvalue weighted by atomic mass is 16.6. The number of carbonyl (C=O) groups is 1. The SMILES string of the molecule is Cc1cc(CC(N)CNC(=O)OC(C)(C)C)n(C)n1. The van der Waals surface area contributed by atoms with Gasteiger partial charge in [-0.25, -0.2) is 4.79 Å². The van der Waals surface area contributed by atoms with Gasteiger partial charge in [0.25, 0.3) is 0 Å². The number of nitrogens with one attached hydrogen (secondary N) is 1. The second-order valence-electron chi connectivity index (χ2n) is 5.75. The van der Waals surface area contributed by atoms with E-state index in [1.165, 1.54) is 0 Å². The van der Waals surface area contributed by atoms with Gasteiger partial charge in [-0.2, -0.15) is 5.10 Å². The van der Waals surface area contributed by atoms with Crippen LogP contribution in [0.5, 0.6) is 0 Å². The minimum Gasteiger partial charge on any atom is -0.444 e. The van der Waals surface area contributed by atoms with Crippen molar-refractivity contribution in [1.82, 2.24) is 15.1 Å². The Labute approximate surface area is 114 Å². The van der Waals surface area contributed by atoms with Gasteiger partial charge in [-0.3, -0.25) is 4.68 Å². The second-order valence-corrected chi connectivity index (χ2v) is 5.75. The molecule has 0 aliphatic rings. The van der Waals surface area contributed by atoms with E-state index in [1.807, 2.05) is 45.5 Å². The zero-order chi connectivity index (χ0) is 14.6. The molecule has 1 heterocycles. The van der Waals surface area contributed by atoms with Gasteiger partial charge >= 0.3 is 6.09 Å². The smallest absolute Gasteiger partial charge is 0.407 e. The van der Waals surface area contributed by atoms with Gasteiger partial charge in [0, 0.05) is 31.7 Å². The van der Waals surface area contributed by atoms with E-state index in [0.717, 1.165) is 11.4 Å². The van der Waals surface area contributed by atoms with E-state index >= 15 is 0 Å². The maximum atomic E-state index is 11.5. The first kappa shape index (κ1) is 15.5. The van der Waals surface area contributed by atoms with E-state index in [1.54, 1.807) is 0 Å². The Morgan fingerprint density at radius 2 is 2.21 bits per heavy atom. The number of amides is 1. The van der Waals surface area contributed by atoms with Crippen LogP contribution in [0.15, 0.2) is 6.07 Å². The molecule has 108 valence electrons. The van der Waals surface area contributed by atoms with Crippen LogP contribution >= 0.6 is 0 Å². The zero-order valence-electron chi connectivity index (χ0n) is 12.4. The molecular formula is C13H24N4O2. The molecule has 19 heavy (non-hydrogen) atoms. The average Bonchev–Trinajstić information content (AvgIpc) is 2.52. The third-order valence-electron chi connectivity index (χ3n) is 2.48. The molecule has 0 saturated heterocycles. The molecule has 3 N–H and O–H groups in total. The van der Waals surface area contributed by atoms with Gasteiger partial charge in [-0.05, 0) is 33.8 Å². The Morgan fingerprint density at radius 1 is 1.58 bits per heavy atom. The first-order valence-corrected chi connectivity index (χ1v) is 6.39. The van der Waals surface area contributed by atoms with Crippen LogP contribution in [0.4, 0.5) is 4.79 Å². The van der Waals surface area contributed by atoms with Crippen LogP contribution in [-0.2, 0) is 18.2 Å². The minimum atomic E-state index is -0.493. The topological polar surface area (TPSA) is 82.2 Å².